The van der Waals surface area contributed by atoms with Crippen molar-refractivity contribution in [3.63, 3.8) is 0 Å². The molecule has 2 saturated heterocycles. The number of hydrogen-bond acceptors (Lipinski definition) is 2. The van der Waals surface area contributed by atoms with Crippen molar-refractivity contribution in [1.29, 1.82) is 0 Å². The van der Waals surface area contributed by atoms with Gasteiger partial charge in [-0.15, -0.1) is 0 Å². The summed E-state index contributed by atoms with van der Waals surface area (Å²) in [4.78, 5) is 2.55. The summed E-state index contributed by atoms with van der Waals surface area (Å²) < 4.78 is 0. The van der Waals surface area contributed by atoms with Crippen LogP contribution in [0.25, 0.3) is 0 Å². The molecule has 0 spiro atoms. The minimum atomic E-state index is 0.829. The Labute approximate surface area is 61.8 Å². The standard InChI is InChI=1S/C7H14N3/c1-3-10(4-2-8-1)7-5-9-6-7/h7,9H,1-6H2. The maximum atomic E-state index is 4.31. The van der Waals surface area contributed by atoms with Gasteiger partial charge in [0.05, 0.1) is 0 Å². The summed E-state index contributed by atoms with van der Waals surface area (Å²) in [6.45, 7) is 6.87. The topological polar surface area (TPSA) is 29.4 Å². The summed E-state index contributed by atoms with van der Waals surface area (Å²) in [5.41, 5.74) is 0. The Morgan fingerprint density at radius 1 is 1.20 bits per heavy atom. The van der Waals surface area contributed by atoms with Gasteiger partial charge in [0, 0.05) is 45.3 Å². The molecule has 0 aromatic rings. The van der Waals surface area contributed by atoms with Crippen LogP contribution < -0.4 is 10.6 Å². The molecule has 2 aliphatic rings. The molecule has 2 heterocycles. The van der Waals surface area contributed by atoms with Crippen LogP contribution in [0.2, 0.25) is 0 Å². The fourth-order valence-electron chi connectivity index (χ4n) is 1.52. The Hall–Kier alpha value is -0.120. The molecular formula is C7H14N3. The number of rotatable bonds is 1. The first-order chi connectivity index (χ1) is 4.97. The van der Waals surface area contributed by atoms with Gasteiger partial charge >= 0.3 is 0 Å². The predicted molar refractivity (Wildman–Crippen MR) is 40.1 cm³/mol. The van der Waals surface area contributed by atoms with E-state index in [0.29, 0.717) is 0 Å². The third kappa shape index (κ3) is 1.17. The lowest BCUT2D eigenvalue weighted by Gasteiger charge is -2.40. The molecule has 2 fully saturated rings. The van der Waals surface area contributed by atoms with E-state index >= 15 is 0 Å². The lowest BCUT2D eigenvalue weighted by Crippen LogP contribution is -2.60. The van der Waals surface area contributed by atoms with Crippen LogP contribution in [0.4, 0.5) is 0 Å². The average Bonchev–Trinajstić information content (AvgIpc) is 1.86. The Kier molecular flexibility index (Phi) is 1.88. The van der Waals surface area contributed by atoms with Crippen molar-refractivity contribution in [2.75, 3.05) is 39.3 Å². The van der Waals surface area contributed by atoms with Crippen LogP contribution in [-0.2, 0) is 0 Å². The molecule has 0 amide bonds. The van der Waals surface area contributed by atoms with Crippen molar-refractivity contribution in [3.8, 4) is 0 Å². The highest BCUT2D eigenvalue weighted by molar-refractivity contribution is 4.86. The summed E-state index contributed by atoms with van der Waals surface area (Å²) in [7, 11) is 0. The monoisotopic (exact) mass is 140 g/mol. The van der Waals surface area contributed by atoms with Gasteiger partial charge in [0.15, 0.2) is 0 Å². The maximum absolute atomic E-state index is 4.31. The summed E-state index contributed by atoms with van der Waals surface area (Å²) in [5, 5.41) is 7.59. The molecule has 0 unspecified atom stereocenters. The second-order valence-corrected chi connectivity index (χ2v) is 3.02. The molecule has 0 saturated carbocycles. The van der Waals surface area contributed by atoms with E-state index in [1.54, 1.807) is 0 Å². The van der Waals surface area contributed by atoms with Crippen LogP contribution >= 0.6 is 0 Å². The van der Waals surface area contributed by atoms with Crippen LogP contribution in [0.5, 0.6) is 0 Å². The lowest BCUT2D eigenvalue weighted by molar-refractivity contribution is 0.128. The highest BCUT2D eigenvalue weighted by Crippen LogP contribution is 2.05. The number of nitrogens with one attached hydrogen (secondary N) is 1. The normalized spacial score (nSPS) is 30.0. The zero-order valence-electron chi connectivity index (χ0n) is 6.21. The molecule has 0 aromatic carbocycles. The van der Waals surface area contributed by atoms with Crippen molar-refractivity contribution < 1.29 is 0 Å². The molecule has 1 N–H and O–H groups in total. The van der Waals surface area contributed by atoms with Crippen LogP contribution in [0.1, 0.15) is 0 Å². The molecule has 57 valence electrons. The van der Waals surface area contributed by atoms with Gasteiger partial charge in [-0.25, -0.2) is 5.32 Å². The first kappa shape index (κ1) is 6.58. The Bertz CT molecular complexity index is 105. The van der Waals surface area contributed by atoms with Gasteiger partial charge in [-0.3, -0.25) is 4.90 Å². The van der Waals surface area contributed by atoms with E-state index in [9.17, 15) is 0 Å². The average molecular weight is 140 g/mol. The molecule has 2 aliphatic heterocycles. The largest absolute Gasteiger partial charge is 0.314 e. The maximum Gasteiger partial charge on any atom is 0.0346 e. The fourth-order valence-corrected chi connectivity index (χ4v) is 1.52. The zero-order valence-corrected chi connectivity index (χ0v) is 6.21. The number of hydrogen-bond donors (Lipinski definition) is 1. The second kappa shape index (κ2) is 2.86. The van der Waals surface area contributed by atoms with Crippen molar-refractivity contribution in [2.45, 2.75) is 6.04 Å². The molecular weight excluding hydrogens is 126 g/mol. The highest BCUT2D eigenvalue weighted by atomic mass is 15.3. The molecule has 0 aromatic heterocycles. The predicted octanol–water partition coefficient (Wildman–Crippen LogP) is -1.12. The van der Waals surface area contributed by atoms with Gasteiger partial charge in [-0.2, -0.15) is 0 Å². The fraction of sp³-hybridized carbons (Fsp3) is 1.00. The van der Waals surface area contributed by atoms with Crippen LogP contribution in [0.15, 0.2) is 0 Å². The molecule has 3 heteroatoms. The van der Waals surface area contributed by atoms with E-state index < -0.39 is 0 Å². The van der Waals surface area contributed by atoms with Gasteiger partial charge in [0.25, 0.3) is 0 Å². The Balaban J connectivity index is 1.78. The Morgan fingerprint density at radius 2 is 1.90 bits per heavy atom. The van der Waals surface area contributed by atoms with Crippen LogP contribution in [0, 0.1) is 0 Å². The van der Waals surface area contributed by atoms with Crippen LogP contribution in [-0.4, -0.2) is 50.2 Å². The van der Waals surface area contributed by atoms with E-state index in [1.165, 1.54) is 26.2 Å². The molecule has 3 nitrogen and oxygen atoms in total. The van der Waals surface area contributed by atoms with Gasteiger partial charge in [-0.1, -0.05) is 0 Å². The summed E-state index contributed by atoms with van der Waals surface area (Å²) >= 11 is 0. The van der Waals surface area contributed by atoms with Crippen molar-refractivity contribution in [3.05, 3.63) is 0 Å². The van der Waals surface area contributed by atoms with Gasteiger partial charge in [0.2, 0.25) is 0 Å². The summed E-state index contributed by atoms with van der Waals surface area (Å²) in [5.74, 6) is 0. The van der Waals surface area contributed by atoms with Crippen molar-refractivity contribution >= 4 is 0 Å². The van der Waals surface area contributed by atoms with Gasteiger partial charge < -0.3 is 5.32 Å². The second-order valence-electron chi connectivity index (χ2n) is 3.02. The first-order valence-corrected chi connectivity index (χ1v) is 4.05. The third-order valence-corrected chi connectivity index (χ3v) is 2.37. The molecule has 2 rings (SSSR count). The number of nitrogens with zero attached hydrogens (tertiary/aromatic N) is 2. The summed E-state index contributed by atoms with van der Waals surface area (Å²) in [6.07, 6.45) is 0. The minimum Gasteiger partial charge on any atom is -0.314 e. The van der Waals surface area contributed by atoms with Crippen LogP contribution in [0.3, 0.4) is 0 Å². The van der Waals surface area contributed by atoms with E-state index in [1.807, 2.05) is 0 Å². The van der Waals surface area contributed by atoms with Crippen molar-refractivity contribution in [1.82, 2.24) is 15.5 Å². The molecule has 0 atom stereocenters. The molecule has 10 heavy (non-hydrogen) atoms. The number of piperazine rings is 1. The quantitative estimate of drug-likeness (QED) is 0.500. The Morgan fingerprint density at radius 3 is 2.40 bits per heavy atom. The molecule has 0 aliphatic carbocycles. The zero-order chi connectivity index (χ0) is 6.81. The van der Waals surface area contributed by atoms with E-state index in [4.69, 9.17) is 0 Å². The van der Waals surface area contributed by atoms with Gasteiger partial charge in [-0.05, 0) is 0 Å². The minimum absolute atomic E-state index is 0.829. The third-order valence-electron chi connectivity index (χ3n) is 2.37. The highest BCUT2D eigenvalue weighted by Gasteiger charge is 2.25. The van der Waals surface area contributed by atoms with Gasteiger partial charge in [0.1, 0.15) is 0 Å². The SMILES string of the molecule is C1CN(C2CNC2)CC[N]1. The van der Waals surface area contributed by atoms with E-state index in [-0.39, 0.29) is 0 Å². The van der Waals surface area contributed by atoms with E-state index in [0.717, 1.165) is 19.1 Å². The molecule has 0 bridgehead atoms. The lowest BCUT2D eigenvalue weighted by atomic mass is 10.1. The van der Waals surface area contributed by atoms with E-state index in [2.05, 4.69) is 15.5 Å². The summed E-state index contributed by atoms with van der Waals surface area (Å²) in [6, 6.07) is 0.829. The first-order valence-electron chi connectivity index (χ1n) is 4.05. The smallest absolute Gasteiger partial charge is 0.0346 e. The van der Waals surface area contributed by atoms with Crippen molar-refractivity contribution in [2.24, 2.45) is 0 Å². The molecule has 1 radical (unpaired) electrons.